The lowest BCUT2D eigenvalue weighted by Crippen LogP contribution is -2.25. The van der Waals surface area contributed by atoms with Gasteiger partial charge in [-0.05, 0) is 34.9 Å². The van der Waals surface area contributed by atoms with Crippen molar-refractivity contribution in [2.45, 2.75) is 18.9 Å². The first-order valence-corrected chi connectivity index (χ1v) is 9.24. The average molecular weight is 380 g/mol. The van der Waals surface area contributed by atoms with E-state index in [1.165, 1.54) is 0 Å². The van der Waals surface area contributed by atoms with E-state index in [9.17, 15) is 4.79 Å². The van der Waals surface area contributed by atoms with Crippen molar-refractivity contribution in [1.82, 2.24) is 5.32 Å². The molecule has 0 aliphatic heterocycles. The van der Waals surface area contributed by atoms with Crippen molar-refractivity contribution in [3.05, 3.63) is 101 Å². The van der Waals surface area contributed by atoms with E-state index in [0.29, 0.717) is 18.0 Å². The molecule has 0 aliphatic carbocycles. The van der Waals surface area contributed by atoms with Crippen molar-refractivity contribution in [3.63, 3.8) is 0 Å². The summed E-state index contributed by atoms with van der Waals surface area (Å²) in [6, 6.07) is 25.5. The molecular formula is C23H22ClNO2. The number of carbonyl (C=O) groups excluding carboxylic acids is 1. The van der Waals surface area contributed by atoms with Crippen LogP contribution >= 0.6 is 11.6 Å². The zero-order valence-electron chi connectivity index (χ0n) is 15.2. The first kappa shape index (κ1) is 19.0. The Morgan fingerprint density at radius 2 is 1.56 bits per heavy atom. The molecule has 3 nitrogen and oxygen atoms in total. The van der Waals surface area contributed by atoms with E-state index in [1.54, 1.807) is 7.11 Å². The molecule has 27 heavy (non-hydrogen) atoms. The van der Waals surface area contributed by atoms with Gasteiger partial charge >= 0.3 is 0 Å². The zero-order valence-corrected chi connectivity index (χ0v) is 15.9. The van der Waals surface area contributed by atoms with Crippen molar-refractivity contribution in [2.75, 3.05) is 7.11 Å². The van der Waals surface area contributed by atoms with Crippen molar-refractivity contribution < 1.29 is 9.53 Å². The maximum absolute atomic E-state index is 12.6. The number of hydrogen-bond donors (Lipinski definition) is 1. The van der Waals surface area contributed by atoms with Crippen molar-refractivity contribution in [1.29, 1.82) is 0 Å². The van der Waals surface area contributed by atoms with Crippen LogP contribution in [0.3, 0.4) is 0 Å². The molecule has 0 aliphatic rings. The van der Waals surface area contributed by atoms with Crippen LogP contribution in [0.1, 0.15) is 29.0 Å². The Hall–Kier alpha value is -2.78. The minimum atomic E-state index is -0.0247. The summed E-state index contributed by atoms with van der Waals surface area (Å²) in [5, 5.41) is 3.64. The molecule has 0 saturated carbocycles. The number of nitrogens with one attached hydrogen (secondary N) is 1. The lowest BCUT2D eigenvalue weighted by atomic mass is 9.88. The van der Waals surface area contributed by atoms with Crippen LogP contribution in [0.2, 0.25) is 5.02 Å². The fourth-order valence-electron chi connectivity index (χ4n) is 3.04. The Labute approximate surface area is 164 Å². The van der Waals surface area contributed by atoms with Gasteiger partial charge in [-0.25, -0.2) is 0 Å². The van der Waals surface area contributed by atoms with Gasteiger partial charge < -0.3 is 10.1 Å². The van der Waals surface area contributed by atoms with Crippen LogP contribution in [0, 0.1) is 0 Å². The molecule has 1 unspecified atom stereocenters. The molecule has 1 atom stereocenters. The molecule has 0 fully saturated rings. The second-order valence-electron chi connectivity index (χ2n) is 6.31. The molecule has 0 bridgehead atoms. The third kappa shape index (κ3) is 5.11. The smallest absolute Gasteiger partial charge is 0.221 e. The summed E-state index contributed by atoms with van der Waals surface area (Å²) in [7, 11) is 1.64. The molecular weight excluding hydrogens is 358 g/mol. The quantitative estimate of drug-likeness (QED) is 0.613. The molecule has 1 amide bonds. The highest BCUT2D eigenvalue weighted by Crippen LogP contribution is 2.29. The standard InChI is InChI=1S/C23H22ClNO2/c1-27-20-13-11-18(12-14-20)21(17-7-3-2-4-8-17)15-23(26)25-16-19-9-5-6-10-22(19)24/h2-14,21H,15-16H2,1H3,(H,25,26). The van der Waals surface area contributed by atoms with Gasteiger partial charge in [0.1, 0.15) is 5.75 Å². The molecule has 0 radical (unpaired) electrons. The molecule has 3 aromatic carbocycles. The van der Waals surface area contributed by atoms with E-state index in [1.807, 2.05) is 66.7 Å². The number of benzene rings is 3. The van der Waals surface area contributed by atoms with Crippen LogP contribution in [0.5, 0.6) is 5.75 Å². The third-order valence-corrected chi connectivity index (χ3v) is 4.91. The second kappa shape index (κ2) is 9.24. The lowest BCUT2D eigenvalue weighted by molar-refractivity contribution is -0.121. The van der Waals surface area contributed by atoms with Gasteiger partial charge in [-0.15, -0.1) is 0 Å². The zero-order chi connectivity index (χ0) is 19.1. The maximum atomic E-state index is 12.6. The fourth-order valence-corrected chi connectivity index (χ4v) is 3.25. The normalized spacial score (nSPS) is 11.6. The van der Waals surface area contributed by atoms with Gasteiger partial charge in [0.15, 0.2) is 0 Å². The Bertz CT molecular complexity index is 878. The van der Waals surface area contributed by atoms with Crippen LogP contribution in [-0.2, 0) is 11.3 Å². The van der Waals surface area contributed by atoms with Crippen LogP contribution in [0.15, 0.2) is 78.9 Å². The lowest BCUT2D eigenvalue weighted by Gasteiger charge is -2.18. The molecule has 0 aromatic heterocycles. The number of rotatable bonds is 7. The molecule has 0 saturated heterocycles. The van der Waals surface area contributed by atoms with E-state index >= 15 is 0 Å². The number of carbonyl (C=O) groups is 1. The van der Waals surface area contributed by atoms with Gasteiger partial charge in [0.25, 0.3) is 0 Å². The van der Waals surface area contributed by atoms with Gasteiger partial charge in [0.2, 0.25) is 5.91 Å². The maximum Gasteiger partial charge on any atom is 0.221 e. The van der Waals surface area contributed by atoms with Gasteiger partial charge in [0.05, 0.1) is 7.11 Å². The van der Waals surface area contributed by atoms with Crippen LogP contribution in [0.25, 0.3) is 0 Å². The summed E-state index contributed by atoms with van der Waals surface area (Å²) in [6.07, 6.45) is 0.362. The van der Waals surface area contributed by atoms with E-state index in [4.69, 9.17) is 16.3 Å². The number of hydrogen-bond acceptors (Lipinski definition) is 2. The predicted molar refractivity (Wildman–Crippen MR) is 109 cm³/mol. The monoisotopic (exact) mass is 379 g/mol. The number of methoxy groups -OCH3 is 1. The van der Waals surface area contributed by atoms with E-state index < -0.39 is 0 Å². The molecule has 0 heterocycles. The summed E-state index contributed by atoms with van der Waals surface area (Å²) in [6.45, 7) is 0.419. The first-order chi connectivity index (χ1) is 13.2. The molecule has 3 rings (SSSR count). The van der Waals surface area contributed by atoms with Crippen molar-refractivity contribution in [3.8, 4) is 5.75 Å². The number of halogens is 1. The highest BCUT2D eigenvalue weighted by atomic mass is 35.5. The van der Waals surface area contributed by atoms with Crippen LogP contribution in [0.4, 0.5) is 0 Å². The fraction of sp³-hybridized carbons (Fsp3) is 0.174. The molecule has 3 aromatic rings. The van der Waals surface area contributed by atoms with Crippen molar-refractivity contribution in [2.24, 2.45) is 0 Å². The molecule has 138 valence electrons. The van der Waals surface area contributed by atoms with E-state index in [2.05, 4.69) is 17.4 Å². The first-order valence-electron chi connectivity index (χ1n) is 8.86. The van der Waals surface area contributed by atoms with E-state index in [0.717, 1.165) is 22.4 Å². The number of amides is 1. The molecule has 0 spiro atoms. The van der Waals surface area contributed by atoms with Crippen LogP contribution < -0.4 is 10.1 Å². The predicted octanol–water partition coefficient (Wildman–Crippen LogP) is 5.19. The van der Waals surface area contributed by atoms with Gasteiger partial charge in [-0.3, -0.25) is 4.79 Å². The average Bonchev–Trinajstić information content (AvgIpc) is 2.72. The SMILES string of the molecule is COc1ccc(C(CC(=O)NCc2ccccc2Cl)c2ccccc2)cc1. The number of ether oxygens (including phenoxy) is 1. The summed E-state index contributed by atoms with van der Waals surface area (Å²) >= 11 is 6.17. The van der Waals surface area contributed by atoms with Crippen LogP contribution in [-0.4, -0.2) is 13.0 Å². The highest BCUT2D eigenvalue weighted by Gasteiger charge is 2.18. The molecule has 1 N–H and O–H groups in total. The van der Waals surface area contributed by atoms with Gasteiger partial charge in [0, 0.05) is 23.9 Å². The minimum Gasteiger partial charge on any atom is -0.497 e. The summed E-state index contributed by atoms with van der Waals surface area (Å²) in [4.78, 5) is 12.6. The summed E-state index contributed by atoms with van der Waals surface area (Å²) in [5.74, 6) is 0.761. The minimum absolute atomic E-state index is 0.0143. The Morgan fingerprint density at radius 3 is 2.22 bits per heavy atom. The van der Waals surface area contributed by atoms with Gasteiger partial charge in [-0.2, -0.15) is 0 Å². The summed E-state index contributed by atoms with van der Waals surface area (Å²) < 4.78 is 5.24. The van der Waals surface area contributed by atoms with Crippen molar-refractivity contribution >= 4 is 17.5 Å². The highest BCUT2D eigenvalue weighted by molar-refractivity contribution is 6.31. The Balaban J connectivity index is 1.74. The second-order valence-corrected chi connectivity index (χ2v) is 6.72. The molecule has 4 heteroatoms. The summed E-state index contributed by atoms with van der Waals surface area (Å²) in [5.41, 5.74) is 3.10. The Kier molecular flexibility index (Phi) is 6.50. The third-order valence-electron chi connectivity index (χ3n) is 4.54. The Morgan fingerprint density at radius 1 is 0.926 bits per heavy atom. The largest absolute Gasteiger partial charge is 0.497 e. The van der Waals surface area contributed by atoms with E-state index in [-0.39, 0.29) is 11.8 Å². The van der Waals surface area contributed by atoms with Gasteiger partial charge in [-0.1, -0.05) is 72.3 Å². The topological polar surface area (TPSA) is 38.3 Å².